The zero-order chi connectivity index (χ0) is 16.8. The van der Waals surface area contributed by atoms with Gasteiger partial charge in [-0.1, -0.05) is 24.1 Å². The van der Waals surface area contributed by atoms with Crippen molar-refractivity contribution in [3.8, 4) is 18.0 Å². The number of aromatic nitrogens is 2. The lowest BCUT2D eigenvalue weighted by Crippen LogP contribution is -2.39. The van der Waals surface area contributed by atoms with Gasteiger partial charge in [-0.15, -0.1) is 6.42 Å². The van der Waals surface area contributed by atoms with Gasteiger partial charge >= 0.3 is 0 Å². The van der Waals surface area contributed by atoms with Crippen LogP contribution in [0.2, 0.25) is 0 Å². The average molecular weight is 323 g/mol. The van der Waals surface area contributed by atoms with Gasteiger partial charge in [-0.05, 0) is 30.5 Å². The minimum absolute atomic E-state index is 0.0303. The Labute approximate surface area is 142 Å². The highest BCUT2D eigenvalue weighted by Gasteiger charge is 2.25. The maximum absolute atomic E-state index is 12.1. The fourth-order valence-electron chi connectivity index (χ4n) is 2.83. The van der Waals surface area contributed by atoms with Crippen molar-refractivity contribution in [1.82, 2.24) is 15.1 Å². The highest BCUT2D eigenvalue weighted by molar-refractivity contribution is 5.77. The predicted molar refractivity (Wildman–Crippen MR) is 91.6 cm³/mol. The second-order valence-corrected chi connectivity index (χ2v) is 5.96. The summed E-state index contributed by atoms with van der Waals surface area (Å²) in [5.41, 5.74) is 2.03. The monoisotopic (exact) mass is 323 g/mol. The van der Waals surface area contributed by atoms with E-state index in [9.17, 15) is 4.79 Å². The van der Waals surface area contributed by atoms with Crippen LogP contribution in [0.1, 0.15) is 18.4 Å². The summed E-state index contributed by atoms with van der Waals surface area (Å²) in [5.74, 6) is 2.86. The molecular weight excluding hydrogens is 302 g/mol. The van der Waals surface area contributed by atoms with Gasteiger partial charge in [0.05, 0.1) is 24.5 Å². The highest BCUT2D eigenvalue weighted by Crippen LogP contribution is 2.16. The Morgan fingerprint density at radius 2 is 2.29 bits per heavy atom. The Morgan fingerprint density at radius 1 is 1.46 bits per heavy atom. The summed E-state index contributed by atoms with van der Waals surface area (Å²) in [5, 5.41) is 7.28. The first-order chi connectivity index (χ1) is 11.8. The van der Waals surface area contributed by atoms with Gasteiger partial charge in [0, 0.05) is 25.1 Å². The van der Waals surface area contributed by atoms with E-state index in [1.807, 2.05) is 41.2 Å². The van der Waals surface area contributed by atoms with Crippen LogP contribution < -0.4 is 5.32 Å². The van der Waals surface area contributed by atoms with E-state index in [4.69, 9.17) is 11.2 Å². The van der Waals surface area contributed by atoms with Gasteiger partial charge in [-0.25, -0.2) is 4.68 Å². The third-order valence-electron chi connectivity index (χ3n) is 4.23. The molecule has 0 bridgehead atoms. The summed E-state index contributed by atoms with van der Waals surface area (Å²) in [4.78, 5) is 12.1. The zero-order valence-electron chi connectivity index (χ0n) is 13.5. The van der Waals surface area contributed by atoms with Gasteiger partial charge in [0.1, 0.15) is 0 Å². The lowest BCUT2D eigenvalue weighted by atomic mass is 9.99. The van der Waals surface area contributed by atoms with Crippen LogP contribution in [0.5, 0.6) is 0 Å². The lowest BCUT2D eigenvalue weighted by molar-refractivity contribution is -0.121. The van der Waals surface area contributed by atoms with Crippen molar-refractivity contribution in [2.24, 2.45) is 5.92 Å². The van der Waals surface area contributed by atoms with Gasteiger partial charge in [0.2, 0.25) is 5.91 Å². The van der Waals surface area contributed by atoms with Gasteiger partial charge < -0.3 is 10.1 Å². The molecule has 0 spiro atoms. The van der Waals surface area contributed by atoms with Crippen LogP contribution in [-0.4, -0.2) is 34.9 Å². The number of carbonyl (C=O) groups is 1. The average Bonchev–Trinajstić information content (AvgIpc) is 3.30. The molecule has 5 nitrogen and oxygen atoms in total. The van der Waals surface area contributed by atoms with Crippen molar-refractivity contribution in [1.29, 1.82) is 0 Å². The number of hydrogen-bond acceptors (Lipinski definition) is 3. The van der Waals surface area contributed by atoms with Crippen molar-refractivity contribution in [2.45, 2.75) is 25.3 Å². The number of carbonyl (C=O) groups excluding carboxylic acids is 1. The molecule has 0 radical (unpaired) electrons. The third kappa shape index (κ3) is 4.03. The van der Waals surface area contributed by atoms with E-state index in [-0.39, 0.29) is 17.9 Å². The number of hydrogen-bond donors (Lipinski definition) is 1. The Hall–Kier alpha value is -2.58. The standard InChI is InChI=1S/C19H21N3O2/c1-2-18(16-10-11-24-14-16)21-19(23)9-8-15-12-20-22(13-15)17-6-4-3-5-7-17/h1,3-7,12-13,16,18H,8-11,14H2,(H,21,23)/t16-,18+/m0/s1. The van der Waals surface area contributed by atoms with Gasteiger partial charge in [-0.2, -0.15) is 5.10 Å². The van der Waals surface area contributed by atoms with E-state index in [1.54, 1.807) is 6.20 Å². The van der Waals surface area contributed by atoms with Crippen LogP contribution in [0.3, 0.4) is 0 Å². The number of para-hydroxylation sites is 1. The number of nitrogens with zero attached hydrogens (tertiary/aromatic N) is 2. The molecule has 0 saturated carbocycles. The summed E-state index contributed by atoms with van der Waals surface area (Å²) in [6, 6.07) is 9.64. The first-order valence-corrected chi connectivity index (χ1v) is 8.18. The molecule has 1 saturated heterocycles. The SMILES string of the molecule is C#C[C@@H](NC(=O)CCc1cnn(-c2ccccc2)c1)[C@H]1CCOC1. The Balaban J connectivity index is 1.51. The number of nitrogens with one attached hydrogen (secondary N) is 1. The Morgan fingerprint density at radius 3 is 3.00 bits per heavy atom. The minimum atomic E-state index is -0.243. The molecule has 2 atom stereocenters. The summed E-state index contributed by atoms with van der Waals surface area (Å²) < 4.78 is 7.15. The maximum Gasteiger partial charge on any atom is 0.221 e. The Kier molecular flexibility index (Phi) is 5.29. The molecule has 124 valence electrons. The smallest absolute Gasteiger partial charge is 0.221 e. The fourth-order valence-corrected chi connectivity index (χ4v) is 2.83. The summed E-state index contributed by atoms with van der Waals surface area (Å²) in [6.07, 6.45) is 11.2. The molecule has 1 aromatic carbocycles. The van der Waals surface area contributed by atoms with Crippen LogP contribution in [0.25, 0.3) is 5.69 Å². The number of amides is 1. The predicted octanol–water partition coefficient (Wildman–Crippen LogP) is 1.96. The summed E-state index contributed by atoms with van der Waals surface area (Å²) in [6.45, 7) is 1.34. The van der Waals surface area contributed by atoms with E-state index >= 15 is 0 Å². The van der Waals surface area contributed by atoms with E-state index in [1.165, 1.54) is 0 Å². The largest absolute Gasteiger partial charge is 0.381 e. The van der Waals surface area contributed by atoms with Crippen molar-refractivity contribution in [3.63, 3.8) is 0 Å². The zero-order valence-corrected chi connectivity index (χ0v) is 13.5. The van der Waals surface area contributed by atoms with Crippen molar-refractivity contribution < 1.29 is 9.53 Å². The van der Waals surface area contributed by atoms with Crippen LogP contribution in [0.4, 0.5) is 0 Å². The number of terminal acetylenes is 1. The van der Waals surface area contributed by atoms with Crippen molar-refractivity contribution >= 4 is 5.91 Å². The Bertz CT molecular complexity index is 712. The van der Waals surface area contributed by atoms with E-state index in [2.05, 4.69) is 16.3 Å². The maximum atomic E-state index is 12.1. The molecule has 1 aliphatic heterocycles. The second-order valence-electron chi connectivity index (χ2n) is 5.96. The first-order valence-electron chi connectivity index (χ1n) is 8.18. The van der Waals surface area contributed by atoms with Crippen LogP contribution in [-0.2, 0) is 16.0 Å². The molecule has 1 N–H and O–H groups in total. The van der Waals surface area contributed by atoms with Crippen LogP contribution >= 0.6 is 0 Å². The second kappa shape index (κ2) is 7.80. The summed E-state index contributed by atoms with van der Waals surface area (Å²) >= 11 is 0. The lowest BCUT2D eigenvalue weighted by Gasteiger charge is -2.18. The molecule has 1 fully saturated rings. The van der Waals surface area contributed by atoms with Gasteiger partial charge in [0.25, 0.3) is 0 Å². The van der Waals surface area contributed by atoms with Gasteiger partial charge in [-0.3, -0.25) is 4.79 Å². The van der Waals surface area contributed by atoms with Crippen molar-refractivity contribution in [3.05, 3.63) is 48.3 Å². The molecule has 1 aliphatic rings. The van der Waals surface area contributed by atoms with Crippen molar-refractivity contribution in [2.75, 3.05) is 13.2 Å². The van der Waals surface area contributed by atoms with E-state index < -0.39 is 0 Å². The van der Waals surface area contributed by atoms with Crippen LogP contribution in [0.15, 0.2) is 42.7 Å². The normalized spacial score (nSPS) is 18.0. The molecular formula is C19H21N3O2. The highest BCUT2D eigenvalue weighted by atomic mass is 16.5. The fraction of sp³-hybridized carbons (Fsp3) is 0.368. The third-order valence-corrected chi connectivity index (χ3v) is 4.23. The molecule has 24 heavy (non-hydrogen) atoms. The topological polar surface area (TPSA) is 56.2 Å². The molecule has 2 heterocycles. The number of aryl methyl sites for hydroxylation is 1. The molecule has 0 unspecified atom stereocenters. The number of ether oxygens (including phenoxy) is 1. The quantitative estimate of drug-likeness (QED) is 0.827. The van der Waals surface area contributed by atoms with E-state index in [0.29, 0.717) is 19.4 Å². The molecule has 1 aromatic heterocycles. The minimum Gasteiger partial charge on any atom is -0.381 e. The number of benzene rings is 1. The van der Waals surface area contributed by atoms with Gasteiger partial charge in [0.15, 0.2) is 0 Å². The van der Waals surface area contributed by atoms with Crippen LogP contribution in [0, 0.1) is 18.3 Å². The molecule has 3 rings (SSSR count). The number of rotatable bonds is 6. The molecule has 5 heteroatoms. The first kappa shape index (κ1) is 16.3. The van der Waals surface area contributed by atoms with E-state index in [0.717, 1.165) is 24.3 Å². The molecule has 2 aromatic rings. The molecule has 0 aliphatic carbocycles. The summed E-state index contributed by atoms with van der Waals surface area (Å²) in [7, 11) is 0. The molecule has 1 amide bonds.